The van der Waals surface area contributed by atoms with Crippen LogP contribution in [0.4, 0.5) is 35.7 Å². The fourth-order valence-corrected chi connectivity index (χ4v) is 1.20. The fourth-order valence-electron chi connectivity index (χ4n) is 1.20. The zero-order chi connectivity index (χ0) is 18.8. The molecule has 0 unspecified atom stereocenters. The summed E-state index contributed by atoms with van der Waals surface area (Å²) >= 11 is 0. The Morgan fingerprint density at radius 2 is 0.654 bits per heavy atom. The minimum Gasteiger partial charge on any atom is -0.205 e. The minimum absolute atomic E-state index is 0.416. The largest absolute Gasteiger partial charge is 0.272 e. The van der Waals surface area contributed by atoms with Crippen molar-refractivity contribution in [3.05, 3.63) is 41.8 Å². The summed E-state index contributed by atoms with van der Waals surface area (Å²) in [5.74, 6) is -2.56. The van der Waals surface area contributed by atoms with Crippen molar-refractivity contribution in [3.8, 4) is 0 Å². The minimum atomic E-state index is -0.431. The number of nitrogens with zero attached hydrogens (tertiary/aromatic N) is 20. The molecule has 124 valence electrons. The molecule has 26 heavy (non-hydrogen) atoms. The van der Waals surface area contributed by atoms with E-state index in [1.807, 2.05) is 0 Å². The van der Waals surface area contributed by atoms with Gasteiger partial charge in [-0.3, -0.25) is 0 Å². The SMILES string of the molecule is [N-]=[N+]=Nc1nc(N=[N+]=[N-])nc(/N=N/c2nc(N=[N+]=[N-])nc(N=[N+]=[N-])n2)n1. The van der Waals surface area contributed by atoms with E-state index >= 15 is 0 Å². The Balaban J connectivity index is 2.48. The highest BCUT2D eigenvalue weighted by molar-refractivity contribution is 5.34. The third kappa shape index (κ3) is 4.68. The molecule has 0 bridgehead atoms. The first-order valence-corrected chi connectivity index (χ1v) is 5.82. The molecule has 2 aromatic rings. The summed E-state index contributed by atoms with van der Waals surface area (Å²) in [6, 6.07) is 0. The zero-order valence-electron chi connectivity index (χ0n) is 11.9. The van der Waals surface area contributed by atoms with Gasteiger partial charge in [0.05, 0.1) is 0 Å². The molecule has 0 aromatic carbocycles. The molecule has 0 amide bonds. The second kappa shape index (κ2) is 8.48. The molecule has 2 rings (SSSR count). The second-order valence-electron chi connectivity index (χ2n) is 3.43. The van der Waals surface area contributed by atoms with Crippen LogP contribution in [0, 0.1) is 0 Å². The van der Waals surface area contributed by atoms with E-state index < -0.39 is 35.7 Å². The maximum absolute atomic E-state index is 8.40. The van der Waals surface area contributed by atoms with Crippen molar-refractivity contribution in [3.63, 3.8) is 0 Å². The van der Waals surface area contributed by atoms with Crippen molar-refractivity contribution in [2.45, 2.75) is 0 Å². The van der Waals surface area contributed by atoms with Crippen LogP contribution in [-0.2, 0) is 0 Å². The highest BCUT2D eigenvalue weighted by atomic mass is 15.4. The van der Waals surface area contributed by atoms with Crippen LogP contribution in [0.15, 0.2) is 30.7 Å². The van der Waals surface area contributed by atoms with Crippen LogP contribution in [0.25, 0.3) is 41.8 Å². The Labute approximate surface area is 139 Å². The van der Waals surface area contributed by atoms with Gasteiger partial charge in [-0.2, -0.15) is 19.9 Å². The molecular weight excluding hydrogens is 352 g/mol. The van der Waals surface area contributed by atoms with E-state index in [1.165, 1.54) is 0 Å². The topological polar surface area (TPSA) is 297 Å². The highest BCUT2D eigenvalue weighted by Crippen LogP contribution is 2.20. The normalized spacial score (nSPS) is 9.38. The summed E-state index contributed by atoms with van der Waals surface area (Å²) in [6.07, 6.45) is 0. The summed E-state index contributed by atoms with van der Waals surface area (Å²) in [7, 11) is 0. The molecule has 0 N–H and O–H groups in total. The lowest BCUT2D eigenvalue weighted by Gasteiger charge is -1.96. The Morgan fingerprint density at radius 1 is 0.423 bits per heavy atom. The average molecular weight is 352 g/mol. The standard InChI is InChI=1S/C6N20/c7-23-19-3-11-1(12-4(15-3)20-24-8)17-18-2-13-5(21-25-9)16-6(14-2)22-26-10/b18-17+. The number of hydrogen-bond donors (Lipinski definition) is 0. The van der Waals surface area contributed by atoms with Gasteiger partial charge in [-0.25, -0.2) is 9.97 Å². The molecule has 0 saturated carbocycles. The summed E-state index contributed by atoms with van der Waals surface area (Å²) in [5, 5.41) is 19.6. The molecule has 0 aliphatic rings. The molecule has 2 aromatic heterocycles. The lowest BCUT2D eigenvalue weighted by atomic mass is 10.8. The summed E-state index contributed by atoms with van der Waals surface area (Å²) in [4.78, 5) is 31.4. The number of rotatable bonds is 6. The Morgan fingerprint density at radius 3 is 0.885 bits per heavy atom. The van der Waals surface area contributed by atoms with Crippen molar-refractivity contribution in [1.29, 1.82) is 0 Å². The van der Waals surface area contributed by atoms with Gasteiger partial charge in [0.25, 0.3) is 11.9 Å². The van der Waals surface area contributed by atoms with Crippen molar-refractivity contribution in [2.75, 3.05) is 0 Å². The van der Waals surface area contributed by atoms with E-state index in [1.54, 1.807) is 0 Å². The van der Waals surface area contributed by atoms with Crippen LogP contribution < -0.4 is 0 Å². The smallest absolute Gasteiger partial charge is 0.205 e. The summed E-state index contributed by atoms with van der Waals surface area (Å²) < 4.78 is 0. The van der Waals surface area contributed by atoms with Crippen LogP contribution in [0.2, 0.25) is 0 Å². The van der Waals surface area contributed by atoms with Crippen molar-refractivity contribution < 1.29 is 0 Å². The number of azo groups is 1. The van der Waals surface area contributed by atoms with Gasteiger partial charge in [0.15, 0.2) is 0 Å². The van der Waals surface area contributed by atoms with Gasteiger partial charge in [-0.05, 0) is 42.6 Å². The first-order valence-electron chi connectivity index (χ1n) is 5.82. The number of azide groups is 4. The first kappa shape index (κ1) is 17.2. The van der Waals surface area contributed by atoms with Crippen molar-refractivity contribution >= 4 is 35.7 Å². The highest BCUT2D eigenvalue weighted by Gasteiger charge is 2.06. The molecule has 20 nitrogen and oxygen atoms in total. The predicted octanol–water partition coefficient (Wildman–Crippen LogP) is 4.24. The lowest BCUT2D eigenvalue weighted by Crippen LogP contribution is -1.88. The van der Waals surface area contributed by atoms with E-state index in [-0.39, 0.29) is 0 Å². The molecule has 0 spiro atoms. The number of hydrogen-bond acceptors (Lipinski definition) is 12. The quantitative estimate of drug-likeness (QED) is 0.415. The van der Waals surface area contributed by atoms with Crippen LogP contribution in [0.5, 0.6) is 0 Å². The van der Waals surface area contributed by atoms with Gasteiger partial charge in [-0.15, -0.1) is 10.2 Å². The van der Waals surface area contributed by atoms with Crippen LogP contribution in [0.3, 0.4) is 0 Å². The monoisotopic (exact) mass is 352 g/mol. The van der Waals surface area contributed by atoms with Crippen molar-refractivity contribution in [2.24, 2.45) is 30.7 Å². The van der Waals surface area contributed by atoms with E-state index in [9.17, 15) is 0 Å². The average Bonchev–Trinajstić information content (AvgIpc) is 2.61. The summed E-state index contributed by atoms with van der Waals surface area (Å²) in [6.45, 7) is 0. The van der Waals surface area contributed by atoms with E-state index in [0.29, 0.717) is 0 Å². The third-order valence-corrected chi connectivity index (χ3v) is 1.97. The molecule has 0 fully saturated rings. The van der Waals surface area contributed by atoms with E-state index in [4.69, 9.17) is 22.1 Å². The molecule has 0 radical (unpaired) electrons. The van der Waals surface area contributed by atoms with Gasteiger partial charge in [0, 0.05) is 19.6 Å². The van der Waals surface area contributed by atoms with E-state index in [2.05, 4.69) is 80.2 Å². The Hall–Kier alpha value is -5.14. The third-order valence-electron chi connectivity index (χ3n) is 1.97. The van der Waals surface area contributed by atoms with Gasteiger partial charge < -0.3 is 0 Å². The molecule has 0 saturated heterocycles. The molecular formula is C6N20. The van der Waals surface area contributed by atoms with Crippen LogP contribution in [0.1, 0.15) is 0 Å². The van der Waals surface area contributed by atoms with Crippen LogP contribution in [-0.4, -0.2) is 29.9 Å². The maximum atomic E-state index is 8.40. The molecule has 0 aliphatic carbocycles. The maximum Gasteiger partial charge on any atom is 0.272 e. The fraction of sp³-hybridized carbons (Fsp3) is 0. The number of aromatic nitrogens is 6. The van der Waals surface area contributed by atoms with Crippen molar-refractivity contribution in [1.82, 2.24) is 29.9 Å². The van der Waals surface area contributed by atoms with Gasteiger partial charge >= 0.3 is 0 Å². The molecule has 0 atom stereocenters. The van der Waals surface area contributed by atoms with Gasteiger partial charge in [-0.1, -0.05) is 0 Å². The van der Waals surface area contributed by atoms with Gasteiger partial charge in [0.2, 0.25) is 23.8 Å². The molecule has 20 heteroatoms. The van der Waals surface area contributed by atoms with Gasteiger partial charge in [0.1, 0.15) is 0 Å². The summed E-state index contributed by atoms with van der Waals surface area (Å²) in [5.41, 5.74) is 33.6. The van der Waals surface area contributed by atoms with E-state index in [0.717, 1.165) is 0 Å². The Kier molecular flexibility index (Phi) is 5.62. The molecule has 2 heterocycles. The Bertz CT molecular complexity index is 896. The molecule has 0 aliphatic heterocycles. The zero-order valence-corrected chi connectivity index (χ0v) is 11.9. The predicted molar refractivity (Wildman–Crippen MR) is 79.1 cm³/mol. The first-order chi connectivity index (χ1) is 12.7. The second-order valence-corrected chi connectivity index (χ2v) is 3.43. The lowest BCUT2D eigenvalue weighted by molar-refractivity contribution is 0.947. The van der Waals surface area contributed by atoms with Crippen LogP contribution >= 0.6 is 0 Å².